The smallest absolute Gasteiger partial charge is 0.247 e. The number of benzene rings is 1. The molecular formula is C18H23N3O3S. The number of hydrogen-bond donors (Lipinski definition) is 2. The summed E-state index contributed by atoms with van der Waals surface area (Å²) in [5.41, 5.74) is 0.680. The molecule has 0 spiro atoms. The Balaban J connectivity index is 1.74. The van der Waals surface area contributed by atoms with Crippen LogP contribution in [0.1, 0.15) is 23.8 Å². The van der Waals surface area contributed by atoms with E-state index in [0.29, 0.717) is 18.1 Å². The van der Waals surface area contributed by atoms with Crippen LogP contribution in [0.5, 0.6) is 0 Å². The summed E-state index contributed by atoms with van der Waals surface area (Å²) in [6.45, 7) is 2.40. The van der Waals surface area contributed by atoms with Gasteiger partial charge >= 0.3 is 0 Å². The lowest BCUT2D eigenvalue weighted by molar-refractivity contribution is -0.118. The van der Waals surface area contributed by atoms with Crippen LogP contribution in [0.15, 0.2) is 40.9 Å². The Morgan fingerprint density at radius 2 is 2.24 bits per heavy atom. The number of aromatic nitrogens is 1. The van der Waals surface area contributed by atoms with Gasteiger partial charge in [0.2, 0.25) is 5.91 Å². The van der Waals surface area contributed by atoms with Crippen LogP contribution < -0.4 is 10.6 Å². The van der Waals surface area contributed by atoms with Crippen molar-refractivity contribution in [2.75, 3.05) is 30.5 Å². The van der Waals surface area contributed by atoms with Gasteiger partial charge in [-0.25, -0.2) is 0 Å². The molecule has 3 rings (SSSR count). The third-order valence-corrected chi connectivity index (χ3v) is 5.63. The number of hydrogen-bond acceptors (Lipinski definition) is 6. The van der Waals surface area contributed by atoms with E-state index in [1.165, 1.54) is 0 Å². The molecule has 2 aromatic rings. The summed E-state index contributed by atoms with van der Waals surface area (Å²) in [6.07, 6.45) is 0.979. The van der Waals surface area contributed by atoms with Crippen LogP contribution >= 0.6 is 11.8 Å². The molecule has 0 bridgehead atoms. The summed E-state index contributed by atoms with van der Waals surface area (Å²) < 4.78 is 10.8. The van der Waals surface area contributed by atoms with Crippen LogP contribution in [0.4, 0.5) is 5.82 Å². The number of carbonyl (C=O) groups excluding carboxylic acids is 1. The average Bonchev–Trinajstić information content (AvgIpc) is 3.26. The monoisotopic (exact) mass is 361 g/mol. The fourth-order valence-corrected chi connectivity index (χ4v) is 4.28. The highest BCUT2D eigenvalue weighted by Crippen LogP contribution is 2.31. The second-order valence-electron chi connectivity index (χ2n) is 6.23. The summed E-state index contributed by atoms with van der Waals surface area (Å²) in [7, 11) is 1.74. The molecule has 1 aromatic carbocycles. The van der Waals surface area contributed by atoms with E-state index in [2.05, 4.69) is 15.8 Å². The summed E-state index contributed by atoms with van der Waals surface area (Å²) in [4.78, 5) is 12.8. The van der Waals surface area contributed by atoms with Crippen molar-refractivity contribution in [1.29, 1.82) is 0 Å². The first-order valence-electron chi connectivity index (χ1n) is 8.27. The Morgan fingerprint density at radius 3 is 2.84 bits per heavy atom. The van der Waals surface area contributed by atoms with Gasteiger partial charge in [0.15, 0.2) is 5.82 Å². The minimum atomic E-state index is -0.490. The standard InChI is InChI=1S/C18H23N3O3S/c1-13-10-15(21-24-13)20-17(22)16(14-6-4-3-5-7-14)19-11-18(23-2)8-9-25-12-18/h3-7,10,16,19H,8-9,11-12H2,1-2H3,(H,20,21,22). The third kappa shape index (κ3) is 4.42. The average molecular weight is 361 g/mol. The van der Waals surface area contributed by atoms with Crippen molar-refractivity contribution < 1.29 is 14.1 Å². The molecule has 2 unspecified atom stereocenters. The van der Waals surface area contributed by atoms with Gasteiger partial charge in [0.25, 0.3) is 0 Å². The normalized spacial score (nSPS) is 21.2. The Labute approximate surface area is 151 Å². The number of ether oxygens (including phenoxy) is 1. The summed E-state index contributed by atoms with van der Waals surface area (Å²) in [5.74, 6) is 2.92. The number of rotatable bonds is 7. The largest absolute Gasteiger partial charge is 0.376 e. The molecule has 2 atom stereocenters. The highest BCUT2D eigenvalue weighted by atomic mass is 32.2. The van der Waals surface area contributed by atoms with Crippen molar-refractivity contribution in [1.82, 2.24) is 10.5 Å². The zero-order valence-electron chi connectivity index (χ0n) is 14.5. The molecule has 1 amide bonds. The zero-order valence-corrected chi connectivity index (χ0v) is 15.3. The van der Waals surface area contributed by atoms with Crippen LogP contribution in [0.3, 0.4) is 0 Å². The summed E-state index contributed by atoms with van der Waals surface area (Å²) in [6, 6.07) is 10.9. The first kappa shape index (κ1) is 18.0. The lowest BCUT2D eigenvalue weighted by atomic mass is 10.0. The lowest BCUT2D eigenvalue weighted by Gasteiger charge is -2.29. The quantitative estimate of drug-likeness (QED) is 0.790. The van der Waals surface area contributed by atoms with Gasteiger partial charge in [-0.05, 0) is 24.7 Å². The Hall–Kier alpha value is -1.83. The van der Waals surface area contributed by atoms with E-state index in [1.807, 2.05) is 42.1 Å². The fraction of sp³-hybridized carbons (Fsp3) is 0.444. The van der Waals surface area contributed by atoms with Crippen molar-refractivity contribution >= 4 is 23.5 Å². The third-order valence-electron chi connectivity index (χ3n) is 4.40. The highest BCUT2D eigenvalue weighted by Gasteiger charge is 2.35. The number of carbonyl (C=O) groups is 1. The Kier molecular flexibility index (Phi) is 5.78. The van der Waals surface area contributed by atoms with Crippen LogP contribution in [-0.2, 0) is 9.53 Å². The molecule has 6 nitrogen and oxygen atoms in total. The van der Waals surface area contributed by atoms with Gasteiger partial charge in [0.1, 0.15) is 11.8 Å². The van der Waals surface area contributed by atoms with Gasteiger partial charge in [-0.1, -0.05) is 35.5 Å². The molecule has 134 valence electrons. The van der Waals surface area contributed by atoms with E-state index in [4.69, 9.17) is 9.26 Å². The molecule has 0 saturated carbocycles. The maximum absolute atomic E-state index is 12.8. The van der Waals surface area contributed by atoms with E-state index in [9.17, 15) is 4.79 Å². The molecule has 7 heteroatoms. The van der Waals surface area contributed by atoms with Crippen molar-refractivity contribution in [2.45, 2.75) is 25.0 Å². The van der Waals surface area contributed by atoms with Crippen molar-refractivity contribution in [3.05, 3.63) is 47.7 Å². The molecular weight excluding hydrogens is 338 g/mol. The van der Waals surface area contributed by atoms with Gasteiger partial charge in [-0.15, -0.1) is 0 Å². The SMILES string of the molecule is COC1(CNC(C(=O)Nc2cc(C)on2)c2ccccc2)CCSC1. The number of methoxy groups -OCH3 is 1. The van der Waals surface area contributed by atoms with Crippen LogP contribution in [0, 0.1) is 6.92 Å². The van der Waals surface area contributed by atoms with Gasteiger partial charge < -0.3 is 14.6 Å². The zero-order chi connectivity index (χ0) is 17.7. The molecule has 2 heterocycles. The maximum Gasteiger partial charge on any atom is 0.247 e. The fourth-order valence-electron chi connectivity index (χ4n) is 2.88. The number of thioether (sulfide) groups is 1. The first-order valence-corrected chi connectivity index (χ1v) is 9.43. The molecule has 1 aromatic heterocycles. The van der Waals surface area contributed by atoms with E-state index in [-0.39, 0.29) is 11.5 Å². The Morgan fingerprint density at radius 1 is 1.44 bits per heavy atom. The second-order valence-corrected chi connectivity index (χ2v) is 7.33. The van der Waals surface area contributed by atoms with Gasteiger partial charge in [0.05, 0.1) is 5.60 Å². The van der Waals surface area contributed by atoms with E-state index in [0.717, 1.165) is 23.5 Å². The number of amides is 1. The lowest BCUT2D eigenvalue weighted by Crippen LogP contribution is -2.46. The predicted molar refractivity (Wildman–Crippen MR) is 98.7 cm³/mol. The molecule has 1 aliphatic rings. The van der Waals surface area contributed by atoms with E-state index < -0.39 is 6.04 Å². The predicted octanol–water partition coefficient (Wildman–Crippen LogP) is 2.77. The number of aryl methyl sites for hydroxylation is 1. The van der Waals surface area contributed by atoms with Crippen LogP contribution in [0.2, 0.25) is 0 Å². The van der Waals surface area contributed by atoms with Gasteiger partial charge in [0, 0.05) is 25.5 Å². The molecule has 1 saturated heterocycles. The number of nitrogens with zero attached hydrogens (tertiary/aromatic N) is 1. The molecule has 0 aliphatic carbocycles. The molecule has 2 N–H and O–H groups in total. The molecule has 1 aliphatic heterocycles. The van der Waals surface area contributed by atoms with Crippen molar-refractivity contribution in [3.8, 4) is 0 Å². The van der Waals surface area contributed by atoms with Gasteiger partial charge in [-0.3, -0.25) is 10.1 Å². The van der Waals surface area contributed by atoms with Gasteiger partial charge in [-0.2, -0.15) is 11.8 Å². The van der Waals surface area contributed by atoms with E-state index in [1.54, 1.807) is 20.1 Å². The number of anilines is 1. The highest BCUT2D eigenvalue weighted by molar-refractivity contribution is 7.99. The second kappa shape index (κ2) is 8.03. The minimum Gasteiger partial charge on any atom is -0.376 e. The first-order chi connectivity index (χ1) is 12.1. The van der Waals surface area contributed by atoms with Crippen LogP contribution in [-0.4, -0.2) is 41.8 Å². The van der Waals surface area contributed by atoms with Crippen molar-refractivity contribution in [3.63, 3.8) is 0 Å². The maximum atomic E-state index is 12.8. The van der Waals surface area contributed by atoms with Crippen molar-refractivity contribution in [2.24, 2.45) is 0 Å². The molecule has 0 radical (unpaired) electrons. The van der Waals surface area contributed by atoms with E-state index >= 15 is 0 Å². The minimum absolute atomic E-state index is 0.170. The molecule has 1 fully saturated rings. The number of nitrogens with one attached hydrogen (secondary N) is 2. The summed E-state index contributed by atoms with van der Waals surface area (Å²) in [5, 5.41) is 10.0. The van der Waals surface area contributed by atoms with Crippen LogP contribution in [0.25, 0.3) is 0 Å². The summed E-state index contributed by atoms with van der Waals surface area (Å²) >= 11 is 1.88. The Bertz CT molecular complexity index is 699. The molecule has 25 heavy (non-hydrogen) atoms. The topological polar surface area (TPSA) is 76.4 Å².